The first-order chi connectivity index (χ1) is 9.43. The van der Waals surface area contributed by atoms with Gasteiger partial charge in [-0.3, -0.25) is 15.2 Å². The number of benzene rings is 1. The molecule has 1 aliphatic rings. The number of esters is 1. The molecule has 0 saturated heterocycles. The standard InChI is InChI=1S/C13H14Cl2N2O3/c1-7(18)16-17-11(13(19)20-2)4-3-9-10(15)5-8(14)6-12(9)17/h5-6,11H,3-4H2,1-2H3,(H,16,18). The van der Waals surface area contributed by atoms with Crippen LogP contribution in [0.3, 0.4) is 0 Å². The Morgan fingerprint density at radius 2 is 2.10 bits per heavy atom. The maximum atomic E-state index is 11.9. The van der Waals surface area contributed by atoms with Gasteiger partial charge in [0.1, 0.15) is 6.04 Å². The van der Waals surface area contributed by atoms with E-state index in [2.05, 4.69) is 5.43 Å². The first-order valence-electron chi connectivity index (χ1n) is 6.06. The van der Waals surface area contributed by atoms with Gasteiger partial charge >= 0.3 is 5.97 Å². The molecule has 2 rings (SSSR count). The molecule has 0 aliphatic carbocycles. The number of carbonyl (C=O) groups excluding carboxylic acids is 2. The number of ether oxygens (including phenoxy) is 1. The fraction of sp³-hybridized carbons (Fsp3) is 0.385. The summed E-state index contributed by atoms with van der Waals surface area (Å²) in [6.07, 6.45) is 1.11. The van der Waals surface area contributed by atoms with Crippen molar-refractivity contribution < 1.29 is 14.3 Å². The quantitative estimate of drug-likeness (QED) is 0.851. The predicted octanol–water partition coefficient (Wildman–Crippen LogP) is 2.34. The molecule has 1 unspecified atom stereocenters. The van der Waals surface area contributed by atoms with Crippen LogP contribution in [-0.2, 0) is 20.7 Å². The maximum Gasteiger partial charge on any atom is 0.330 e. The first kappa shape index (κ1) is 14.9. The topological polar surface area (TPSA) is 58.6 Å². The molecular weight excluding hydrogens is 303 g/mol. The molecule has 0 radical (unpaired) electrons. The highest BCUT2D eigenvalue weighted by atomic mass is 35.5. The van der Waals surface area contributed by atoms with Crippen molar-refractivity contribution in [2.45, 2.75) is 25.8 Å². The van der Waals surface area contributed by atoms with Crippen LogP contribution < -0.4 is 10.4 Å². The lowest BCUT2D eigenvalue weighted by Crippen LogP contribution is -2.54. The third kappa shape index (κ3) is 2.83. The molecule has 108 valence electrons. The third-order valence-electron chi connectivity index (χ3n) is 3.13. The fourth-order valence-electron chi connectivity index (χ4n) is 2.30. The van der Waals surface area contributed by atoms with Gasteiger partial charge in [0.15, 0.2) is 0 Å². The minimum atomic E-state index is -0.592. The average molecular weight is 317 g/mol. The smallest absolute Gasteiger partial charge is 0.330 e. The van der Waals surface area contributed by atoms with Gasteiger partial charge in [-0.05, 0) is 30.5 Å². The Labute approximate surface area is 126 Å². The molecule has 0 spiro atoms. The summed E-state index contributed by atoms with van der Waals surface area (Å²) in [6.45, 7) is 1.37. The van der Waals surface area contributed by atoms with E-state index < -0.39 is 12.0 Å². The summed E-state index contributed by atoms with van der Waals surface area (Å²) in [6, 6.07) is 2.73. The van der Waals surface area contributed by atoms with Gasteiger partial charge in [0, 0.05) is 17.0 Å². The number of amides is 1. The number of nitrogens with zero attached hydrogens (tertiary/aromatic N) is 1. The Bertz CT molecular complexity index is 563. The molecule has 1 aromatic carbocycles. The Hall–Kier alpha value is -1.46. The summed E-state index contributed by atoms with van der Waals surface area (Å²) in [5, 5.41) is 2.44. The zero-order valence-electron chi connectivity index (χ0n) is 11.1. The van der Waals surface area contributed by atoms with E-state index in [1.54, 1.807) is 12.1 Å². The predicted molar refractivity (Wildman–Crippen MR) is 76.9 cm³/mol. The minimum absolute atomic E-state index is 0.289. The molecule has 7 heteroatoms. The molecule has 1 aliphatic heterocycles. The zero-order valence-corrected chi connectivity index (χ0v) is 12.6. The van der Waals surface area contributed by atoms with Gasteiger partial charge in [0.05, 0.1) is 12.8 Å². The van der Waals surface area contributed by atoms with Crippen molar-refractivity contribution in [3.05, 3.63) is 27.7 Å². The number of fused-ring (bicyclic) bond motifs is 1. The van der Waals surface area contributed by atoms with Crippen LogP contribution in [0.1, 0.15) is 18.9 Å². The number of hydrogen-bond acceptors (Lipinski definition) is 4. The van der Waals surface area contributed by atoms with Gasteiger partial charge in [-0.2, -0.15) is 0 Å². The van der Waals surface area contributed by atoms with E-state index in [9.17, 15) is 9.59 Å². The van der Waals surface area contributed by atoms with Crippen molar-refractivity contribution in [3.8, 4) is 0 Å². The Morgan fingerprint density at radius 1 is 1.40 bits per heavy atom. The second kappa shape index (κ2) is 5.89. The average Bonchev–Trinajstić information content (AvgIpc) is 2.38. The van der Waals surface area contributed by atoms with Gasteiger partial charge in [0.25, 0.3) is 0 Å². The zero-order chi connectivity index (χ0) is 14.9. The van der Waals surface area contributed by atoms with Crippen molar-refractivity contribution >= 4 is 40.8 Å². The van der Waals surface area contributed by atoms with Gasteiger partial charge in [0.2, 0.25) is 5.91 Å². The van der Waals surface area contributed by atoms with Crippen LogP contribution in [0.25, 0.3) is 0 Å². The number of anilines is 1. The van der Waals surface area contributed by atoms with Crippen LogP contribution >= 0.6 is 23.2 Å². The van der Waals surface area contributed by atoms with E-state index >= 15 is 0 Å². The van der Waals surface area contributed by atoms with Gasteiger partial charge < -0.3 is 4.74 Å². The van der Waals surface area contributed by atoms with E-state index in [1.807, 2.05) is 0 Å². The van der Waals surface area contributed by atoms with Crippen molar-refractivity contribution in [1.29, 1.82) is 0 Å². The monoisotopic (exact) mass is 316 g/mol. The maximum absolute atomic E-state index is 11.9. The molecule has 1 heterocycles. The van der Waals surface area contributed by atoms with Crippen molar-refractivity contribution in [2.24, 2.45) is 0 Å². The third-order valence-corrected chi connectivity index (χ3v) is 3.68. The summed E-state index contributed by atoms with van der Waals surface area (Å²) in [5.41, 5.74) is 4.11. The molecule has 1 aromatic rings. The summed E-state index contributed by atoms with van der Waals surface area (Å²) < 4.78 is 4.78. The Balaban J connectivity index is 2.49. The second-order valence-corrected chi connectivity index (χ2v) is 5.34. The van der Waals surface area contributed by atoms with Crippen LogP contribution in [0.15, 0.2) is 12.1 Å². The lowest BCUT2D eigenvalue weighted by atomic mass is 9.97. The number of methoxy groups -OCH3 is 1. The van der Waals surface area contributed by atoms with Crippen molar-refractivity contribution in [3.63, 3.8) is 0 Å². The van der Waals surface area contributed by atoms with E-state index in [4.69, 9.17) is 27.9 Å². The summed E-state index contributed by atoms with van der Waals surface area (Å²) >= 11 is 12.2. The van der Waals surface area contributed by atoms with Gasteiger partial charge in [-0.15, -0.1) is 0 Å². The lowest BCUT2D eigenvalue weighted by molar-refractivity contribution is -0.142. The highest BCUT2D eigenvalue weighted by Crippen LogP contribution is 2.37. The highest BCUT2D eigenvalue weighted by molar-refractivity contribution is 6.35. The molecule has 1 N–H and O–H groups in total. The lowest BCUT2D eigenvalue weighted by Gasteiger charge is -2.37. The summed E-state index contributed by atoms with van der Waals surface area (Å²) in [7, 11) is 1.31. The fourth-order valence-corrected chi connectivity index (χ4v) is 2.87. The molecular formula is C13H14Cl2N2O3. The first-order valence-corrected chi connectivity index (χ1v) is 6.82. The Kier molecular flexibility index (Phi) is 4.40. The number of rotatable bonds is 2. The summed E-state index contributed by atoms with van der Waals surface area (Å²) in [4.78, 5) is 23.2. The number of halogens is 2. The van der Waals surface area contributed by atoms with Crippen LogP contribution in [-0.4, -0.2) is 25.0 Å². The molecule has 0 fully saturated rings. The van der Waals surface area contributed by atoms with Gasteiger partial charge in [-0.1, -0.05) is 23.2 Å². The highest BCUT2D eigenvalue weighted by Gasteiger charge is 2.34. The number of nitrogens with one attached hydrogen (secondary N) is 1. The molecule has 0 bridgehead atoms. The van der Waals surface area contributed by atoms with Crippen LogP contribution in [0.5, 0.6) is 0 Å². The number of hydrazine groups is 1. The SMILES string of the molecule is COC(=O)C1CCc2c(Cl)cc(Cl)cc2N1NC(C)=O. The largest absolute Gasteiger partial charge is 0.467 e. The van der Waals surface area contributed by atoms with Crippen molar-refractivity contribution in [1.82, 2.24) is 5.43 Å². The Morgan fingerprint density at radius 3 is 2.70 bits per heavy atom. The molecule has 0 aromatic heterocycles. The van der Waals surface area contributed by atoms with Crippen LogP contribution in [0, 0.1) is 0 Å². The van der Waals surface area contributed by atoms with E-state index in [1.165, 1.54) is 19.0 Å². The molecule has 5 nitrogen and oxygen atoms in total. The molecule has 1 atom stereocenters. The molecule has 20 heavy (non-hydrogen) atoms. The number of hydrogen-bond donors (Lipinski definition) is 1. The van der Waals surface area contributed by atoms with E-state index in [0.717, 1.165) is 5.56 Å². The minimum Gasteiger partial charge on any atom is -0.467 e. The number of carbonyl (C=O) groups is 2. The van der Waals surface area contributed by atoms with Crippen LogP contribution in [0.2, 0.25) is 10.0 Å². The van der Waals surface area contributed by atoms with E-state index in [-0.39, 0.29) is 5.91 Å². The normalized spacial score (nSPS) is 17.4. The summed E-state index contributed by atoms with van der Waals surface area (Å²) in [5.74, 6) is -0.705. The molecule has 1 amide bonds. The van der Waals surface area contributed by atoms with E-state index in [0.29, 0.717) is 28.6 Å². The van der Waals surface area contributed by atoms with Gasteiger partial charge in [-0.25, -0.2) is 4.79 Å². The van der Waals surface area contributed by atoms with Crippen LogP contribution in [0.4, 0.5) is 5.69 Å². The van der Waals surface area contributed by atoms with Crippen molar-refractivity contribution in [2.75, 3.05) is 12.1 Å². The second-order valence-electron chi connectivity index (χ2n) is 4.50. The molecule has 0 saturated carbocycles.